The molecule has 0 spiro atoms. The van der Waals surface area contributed by atoms with Crippen molar-refractivity contribution in [2.45, 2.75) is 26.7 Å². The molecule has 0 atom stereocenters. The molecule has 1 aliphatic heterocycles. The van der Waals surface area contributed by atoms with E-state index in [1.807, 2.05) is 18.2 Å². The summed E-state index contributed by atoms with van der Waals surface area (Å²) in [7, 11) is 0. The fourth-order valence-corrected chi connectivity index (χ4v) is 3.03. The Morgan fingerprint density at radius 3 is 2.84 bits per heavy atom. The molecule has 19 heavy (non-hydrogen) atoms. The van der Waals surface area contributed by atoms with Gasteiger partial charge in [0.25, 0.3) is 0 Å². The van der Waals surface area contributed by atoms with Gasteiger partial charge in [-0.3, -0.25) is 0 Å². The maximum Gasteiger partial charge on any atom is 0.172 e. The van der Waals surface area contributed by atoms with Gasteiger partial charge in [0.15, 0.2) is 5.84 Å². The van der Waals surface area contributed by atoms with Crippen molar-refractivity contribution in [3.05, 3.63) is 28.2 Å². The van der Waals surface area contributed by atoms with Crippen LogP contribution in [0.2, 0.25) is 0 Å². The van der Waals surface area contributed by atoms with Crippen molar-refractivity contribution in [1.82, 2.24) is 0 Å². The average molecular weight is 326 g/mol. The van der Waals surface area contributed by atoms with E-state index in [9.17, 15) is 0 Å². The van der Waals surface area contributed by atoms with Gasteiger partial charge in [-0.1, -0.05) is 34.9 Å². The standard InChI is InChI=1S/C14H20BrN3O/c1-14(2)6-3-7-18(9-14)12-5-4-10(15)8-11(12)13(16)17-19/h4-5,8,19H,3,6-7,9H2,1-2H3,(H2,16,17). The van der Waals surface area contributed by atoms with Gasteiger partial charge in [0.2, 0.25) is 0 Å². The molecule has 1 fully saturated rings. The lowest BCUT2D eigenvalue weighted by Gasteiger charge is -2.40. The number of anilines is 1. The smallest absolute Gasteiger partial charge is 0.172 e. The second-order valence-corrected chi connectivity index (χ2v) is 6.75. The zero-order valence-electron chi connectivity index (χ0n) is 11.4. The first-order valence-corrected chi connectivity index (χ1v) is 7.25. The predicted molar refractivity (Wildman–Crippen MR) is 81.9 cm³/mol. The molecule has 0 aliphatic carbocycles. The highest BCUT2D eigenvalue weighted by molar-refractivity contribution is 9.10. The van der Waals surface area contributed by atoms with Gasteiger partial charge in [0, 0.05) is 28.8 Å². The third kappa shape index (κ3) is 3.21. The third-order valence-corrected chi connectivity index (χ3v) is 4.08. The van der Waals surface area contributed by atoms with Gasteiger partial charge in [0.1, 0.15) is 0 Å². The van der Waals surface area contributed by atoms with Crippen LogP contribution in [0.15, 0.2) is 27.8 Å². The van der Waals surface area contributed by atoms with Crippen molar-refractivity contribution in [3.8, 4) is 0 Å². The van der Waals surface area contributed by atoms with E-state index in [-0.39, 0.29) is 5.84 Å². The van der Waals surface area contributed by atoms with E-state index in [0.29, 0.717) is 5.41 Å². The van der Waals surface area contributed by atoms with Gasteiger partial charge >= 0.3 is 0 Å². The molecule has 1 aromatic carbocycles. The molecule has 5 heteroatoms. The molecule has 104 valence electrons. The number of benzene rings is 1. The summed E-state index contributed by atoms with van der Waals surface area (Å²) in [6.45, 7) is 6.56. The molecule has 2 rings (SSSR count). The van der Waals surface area contributed by atoms with Crippen LogP contribution in [0.1, 0.15) is 32.3 Å². The molecule has 1 aromatic rings. The zero-order chi connectivity index (χ0) is 14.0. The monoisotopic (exact) mass is 325 g/mol. The van der Waals surface area contributed by atoms with E-state index in [4.69, 9.17) is 10.9 Å². The van der Waals surface area contributed by atoms with Crippen LogP contribution in [0.25, 0.3) is 0 Å². The summed E-state index contributed by atoms with van der Waals surface area (Å²) in [5.41, 5.74) is 7.90. The number of hydrogen-bond donors (Lipinski definition) is 2. The highest BCUT2D eigenvalue weighted by Gasteiger charge is 2.28. The third-order valence-electron chi connectivity index (χ3n) is 3.58. The maximum atomic E-state index is 8.93. The first-order valence-electron chi connectivity index (χ1n) is 6.45. The minimum absolute atomic E-state index is 0.152. The van der Waals surface area contributed by atoms with Crippen LogP contribution < -0.4 is 10.6 Å². The summed E-state index contributed by atoms with van der Waals surface area (Å²) >= 11 is 3.43. The minimum atomic E-state index is 0.152. The predicted octanol–water partition coefficient (Wildman–Crippen LogP) is 3.17. The van der Waals surface area contributed by atoms with Crippen LogP contribution in [0.3, 0.4) is 0 Å². The van der Waals surface area contributed by atoms with E-state index in [1.165, 1.54) is 12.8 Å². The summed E-state index contributed by atoms with van der Waals surface area (Å²) in [5, 5.41) is 12.1. The summed E-state index contributed by atoms with van der Waals surface area (Å²) < 4.78 is 0.925. The lowest BCUT2D eigenvalue weighted by Crippen LogP contribution is -2.41. The van der Waals surface area contributed by atoms with E-state index in [2.05, 4.69) is 39.8 Å². The van der Waals surface area contributed by atoms with Crippen molar-refractivity contribution >= 4 is 27.5 Å². The van der Waals surface area contributed by atoms with Gasteiger partial charge < -0.3 is 15.8 Å². The molecule has 1 heterocycles. The number of piperidine rings is 1. The van der Waals surface area contributed by atoms with Gasteiger partial charge in [0.05, 0.1) is 0 Å². The number of rotatable bonds is 2. The Morgan fingerprint density at radius 1 is 1.47 bits per heavy atom. The number of nitrogens with two attached hydrogens (primary N) is 1. The van der Waals surface area contributed by atoms with Crippen molar-refractivity contribution < 1.29 is 5.21 Å². The Morgan fingerprint density at radius 2 is 2.21 bits per heavy atom. The molecule has 0 saturated carbocycles. The molecule has 4 nitrogen and oxygen atoms in total. The second-order valence-electron chi connectivity index (χ2n) is 5.84. The van der Waals surface area contributed by atoms with E-state index in [0.717, 1.165) is 28.8 Å². The first kappa shape index (κ1) is 14.2. The lowest BCUT2D eigenvalue weighted by atomic mass is 9.84. The number of halogens is 1. The van der Waals surface area contributed by atoms with Crippen molar-refractivity contribution in [2.24, 2.45) is 16.3 Å². The van der Waals surface area contributed by atoms with Gasteiger partial charge in [-0.15, -0.1) is 0 Å². The quantitative estimate of drug-likeness (QED) is 0.380. The van der Waals surface area contributed by atoms with Crippen LogP contribution in [0.4, 0.5) is 5.69 Å². The van der Waals surface area contributed by atoms with Gasteiger partial charge in [-0.05, 0) is 36.5 Å². The summed E-state index contributed by atoms with van der Waals surface area (Å²) in [6, 6.07) is 5.91. The largest absolute Gasteiger partial charge is 0.409 e. The SMILES string of the molecule is CC1(C)CCCN(c2ccc(Br)cc2/C(N)=N/O)C1. The summed E-state index contributed by atoms with van der Waals surface area (Å²) in [5.74, 6) is 0.152. The maximum absolute atomic E-state index is 8.93. The Balaban J connectivity index is 2.39. The molecule has 0 bridgehead atoms. The van der Waals surface area contributed by atoms with Crippen LogP contribution in [-0.4, -0.2) is 24.1 Å². The number of hydrogen-bond acceptors (Lipinski definition) is 3. The van der Waals surface area contributed by atoms with Crippen molar-refractivity contribution in [1.29, 1.82) is 0 Å². The van der Waals surface area contributed by atoms with E-state index in [1.54, 1.807) is 0 Å². The van der Waals surface area contributed by atoms with E-state index >= 15 is 0 Å². The van der Waals surface area contributed by atoms with Gasteiger partial charge in [-0.25, -0.2) is 0 Å². The first-order chi connectivity index (χ1) is 8.93. The molecule has 0 aromatic heterocycles. The minimum Gasteiger partial charge on any atom is -0.409 e. The highest BCUT2D eigenvalue weighted by Crippen LogP contribution is 2.33. The number of amidine groups is 1. The molecule has 0 amide bonds. The average Bonchev–Trinajstić information content (AvgIpc) is 2.36. The Kier molecular flexibility index (Phi) is 4.04. The topological polar surface area (TPSA) is 61.8 Å². The summed E-state index contributed by atoms with van der Waals surface area (Å²) in [6.07, 6.45) is 2.40. The molecule has 1 saturated heterocycles. The zero-order valence-corrected chi connectivity index (χ0v) is 12.9. The lowest BCUT2D eigenvalue weighted by molar-refractivity contribution is 0.293. The fraction of sp³-hybridized carbons (Fsp3) is 0.500. The van der Waals surface area contributed by atoms with Crippen molar-refractivity contribution in [2.75, 3.05) is 18.0 Å². The number of nitrogens with zero attached hydrogens (tertiary/aromatic N) is 2. The van der Waals surface area contributed by atoms with Gasteiger partial charge in [-0.2, -0.15) is 0 Å². The van der Waals surface area contributed by atoms with Crippen LogP contribution in [-0.2, 0) is 0 Å². The van der Waals surface area contributed by atoms with Crippen LogP contribution >= 0.6 is 15.9 Å². The molecule has 3 N–H and O–H groups in total. The number of oxime groups is 1. The van der Waals surface area contributed by atoms with Crippen LogP contribution in [0.5, 0.6) is 0 Å². The molecule has 0 radical (unpaired) electrons. The normalized spacial score (nSPS) is 19.5. The fourth-order valence-electron chi connectivity index (χ4n) is 2.67. The Labute approximate surface area is 122 Å². The van der Waals surface area contributed by atoms with Crippen LogP contribution in [0, 0.1) is 5.41 Å². The summed E-state index contributed by atoms with van der Waals surface area (Å²) in [4.78, 5) is 2.32. The van der Waals surface area contributed by atoms with Crippen molar-refractivity contribution in [3.63, 3.8) is 0 Å². The second kappa shape index (κ2) is 5.41. The molecule has 1 aliphatic rings. The molecule has 0 unspecified atom stereocenters. The Hall–Kier alpha value is -1.23. The highest BCUT2D eigenvalue weighted by atomic mass is 79.9. The van der Waals surface area contributed by atoms with E-state index < -0.39 is 0 Å². The molecular formula is C14H20BrN3O. The Bertz CT molecular complexity index is 499. The molecular weight excluding hydrogens is 306 g/mol.